The number of fused-ring (bicyclic) bond motifs is 1. The first-order valence-electron chi connectivity index (χ1n) is 10.4. The molecule has 162 valence electrons. The first-order chi connectivity index (χ1) is 14.4. The predicted octanol–water partition coefficient (Wildman–Crippen LogP) is 2.46. The van der Waals surface area contributed by atoms with E-state index in [4.69, 9.17) is 4.74 Å². The van der Waals surface area contributed by atoms with Gasteiger partial charge in [0.05, 0.1) is 24.8 Å². The van der Waals surface area contributed by atoms with Crippen molar-refractivity contribution in [1.82, 2.24) is 25.3 Å². The average molecular weight is 414 g/mol. The molecule has 2 aromatic rings. The smallest absolute Gasteiger partial charge is 0.317 e. The lowest BCUT2D eigenvalue weighted by molar-refractivity contribution is -0.121. The zero-order valence-electron chi connectivity index (χ0n) is 18.2. The Balaban J connectivity index is 1.59. The number of ether oxygens (including phenoxy) is 1. The minimum absolute atomic E-state index is 0.000830. The number of nitrogens with zero attached hydrogens (tertiary/aromatic N) is 3. The summed E-state index contributed by atoms with van der Waals surface area (Å²) in [6, 6.07) is 5.79. The molecule has 30 heavy (non-hydrogen) atoms. The van der Waals surface area contributed by atoms with Crippen LogP contribution in [0, 0.1) is 6.92 Å². The van der Waals surface area contributed by atoms with Gasteiger partial charge >= 0.3 is 6.03 Å². The molecular formula is C22H31N5O3. The van der Waals surface area contributed by atoms with Gasteiger partial charge in [0.15, 0.2) is 0 Å². The van der Waals surface area contributed by atoms with Crippen LogP contribution < -0.4 is 15.4 Å². The van der Waals surface area contributed by atoms with Crippen molar-refractivity contribution in [2.24, 2.45) is 7.05 Å². The van der Waals surface area contributed by atoms with Gasteiger partial charge in [-0.2, -0.15) is 5.10 Å². The second kappa shape index (κ2) is 9.65. The molecule has 1 aliphatic rings. The summed E-state index contributed by atoms with van der Waals surface area (Å²) in [5.74, 6) is 0.802. The zero-order chi connectivity index (χ0) is 21.7. The third-order valence-corrected chi connectivity index (χ3v) is 5.26. The second-order valence-electron chi connectivity index (χ2n) is 7.68. The van der Waals surface area contributed by atoms with Crippen LogP contribution in [0.3, 0.4) is 0 Å². The maximum absolute atomic E-state index is 12.5. The maximum atomic E-state index is 12.5. The molecule has 0 bridgehead atoms. The van der Waals surface area contributed by atoms with E-state index in [9.17, 15) is 9.59 Å². The van der Waals surface area contributed by atoms with Crippen molar-refractivity contribution < 1.29 is 14.3 Å². The molecule has 8 heteroatoms. The van der Waals surface area contributed by atoms with E-state index >= 15 is 0 Å². The van der Waals surface area contributed by atoms with Crippen LogP contribution >= 0.6 is 0 Å². The summed E-state index contributed by atoms with van der Waals surface area (Å²) in [5, 5.41) is 10.2. The first-order valence-corrected chi connectivity index (χ1v) is 10.4. The highest BCUT2D eigenvalue weighted by molar-refractivity contribution is 5.76. The second-order valence-corrected chi connectivity index (χ2v) is 7.68. The number of urea groups is 1. The van der Waals surface area contributed by atoms with Crippen molar-refractivity contribution in [2.75, 3.05) is 19.7 Å². The lowest BCUT2D eigenvalue weighted by Crippen LogP contribution is -2.40. The number of benzene rings is 1. The van der Waals surface area contributed by atoms with Crippen LogP contribution in [-0.2, 0) is 24.8 Å². The average Bonchev–Trinajstić information content (AvgIpc) is 2.92. The van der Waals surface area contributed by atoms with Crippen LogP contribution in [0.5, 0.6) is 5.75 Å². The normalized spacial score (nSPS) is 14.3. The molecule has 1 atom stereocenters. The maximum Gasteiger partial charge on any atom is 0.317 e. The quantitative estimate of drug-likeness (QED) is 0.761. The van der Waals surface area contributed by atoms with Gasteiger partial charge in [-0.15, -0.1) is 0 Å². The van der Waals surface area contributed by atoms with Gasteiger partial charge in [-0.25, -0.2) is 4.79 Å². The molecule has 0 aliphatic carbocycles. The lowest BCUT2D eigenvalue weighted by atomic mass is 10.0. The molecule has 0 saturated carbocycles. The van der Waals surface area contributed by atoms with Crippen LogP contribution in [0.15, 0.2) is 24.4 Å². The highest BCUT2D eigenvalue weighted by Gasteiger charge is 2.20. The monoisotopic (exact) mass is 413 g/mol. The van der Waals surface area contributed by atoms with Crippen molar-refractivity contribution in [3.8, 4) is 5.75 Å². The number of rotatable bonds is 6. The molecule has 3 amide bonds. The van der Waals surface area contributed by atoms with E-state index in [2.05, 4.69) is 15.7 Å². The number of hydrogen-bond donors (Lipinski definition) is 2. The standard InChI is InChI=1S/C22H31N5O3/c1-5-23-22(29)27-10-11-30-20-8-6-17(12-18(20)13-27)7-9-21(28)24-15(2)19-14-26(4)25-16(19)3/h6,8,12,14-15H,5,7,9-11,13H2,1-4H3,(H,23,29)(H,24,28). The Morgan fingerprint density at radius 2 is 2.13 bits per heavy atom. The van der Waals surface area contributed by atoms with Gasteiger partial charge in [-0.1, -0.05) is 12.1 Å². The van der Waals surface area contributed by atoms with Crippen molar-refractivity contribution in [2.45, 2.75) is 46.2 Å². The Bertz CT molecular complexity index is 908. The molecule has 1 aromatic carbocycles. The van der Waals surface area contributed by atoms with E-state index in [0.717, 1.165) is 28.1 Å². The van der Waals surface area contributed by atoms with E-state index < -0.39 is 0 Å². The molecule has 2 N–H and O–H groups in total. The lowest BCUT2D eigenvalue weighted by Gasteiger charge is -2.20. The van der Waals surface area contributed by atoms with Gasteiger partial charge in [0.2, 0.25) is 5.91 Å². The van der Waals surface area contributed by atoms with Crippen molar-refractivity contribution in [3.05, 3.63) is 46.8 Å². The molecule has 0 radical (unpaired) electrons. The SMILES string of the molecule is CCNC(=O)N1CCOc2ccc(CCC(=O)NC(C)c3cn(C)nc3C)cc2C1. The van der Waals surface area contributed by atoms with E-state index in [-0.39, 0.29) is 18.0 Å². The minimum atomic E-state index is -0.0859. The first kappa shape index (κ1) is 21.7. The molecule has 1 aliphatic heterocycles. The number of nitrogens with one attached hydrogen (secondary N) is 2. The van der Waals surface area contributed by atoms with Crippen molar-refractivity contribution in [1.29, 1.82) is 0 Å². The summed E-state index contributed by atoms with van der Waals surface area (Å²) in [7, 11) is 1.88. The topological polar surface area (TPSA) is 88.5 Å². The number of amides is 3. The number of carbonyl (C=O) groups excluding carboxylic acids is 2. The highest BCUT2D eigenvalue weighted by atomic mass is 16.5. The summed E-state index contributed by atoms with van der Waals surface area (Å²) in [5.41, 5.74) is 3.97. The Morgan fingerprint density at radius 1 is 1.33 bits per heavy atom. The summed E-state index contributed by atoms with van der Waals surface area (Å²) in [6.07, 6.45) is 2.95. The molecule has 0 saturated heterocycles. The van der Waals surface area contributed by atoms with Crippen LogP contribution in [0.1, 0.15) is 48.7 Å². The molecule has 0 spiro atoms. The number of carbonyl (C=O) groups is 2. The van der Waals surface area contributed by atoms with Crippen LogP contribution in [0.4, 0.5) is 4.79 Å². The molecule has 2 heterocycles. The van der Waals surface area contributed by atoms with E-state index in [0.29, 0.717) is 39.1 Å². The number of hydrogen-bond acceptors (Lipinski definition) is 4. The van der Waals surface area contributed by atoms with Crippen LogP contribution in [0.25, 0.3) is 0 Å². The fraction of sp³-hybridized carbons (Fsp3) is 0.500. The van der Waals surface area contributed by atoms with Crippen molar-refractivity contribution in [3.63, 3.8) is 0 Å². The Hall–Kier alpha value is -3.03. The number of aryl methyl sites for hydroxylation is 3. The van der Waals surface area contributed by atoms with Crippen LogP contribution in [-0.4, -0.2) is 46.3 Å². The summed E-state index contributed by atoms with van der Waals surface area (Å²) < 4.78 is 7.55. The van der Waals surface area contributed by atoms with Crippen molar-refractivity contribution >= 4 is 11.9 Å². The van der Waals surface area contributed by atoms with Gasteiger partial charge in [0.25, 0.3) is 0 Å². The Labute approximate surface area is 177 Å². The van der Waals surface area contributed by atoms with E-state index in [1.807, 2.05) is 52.2 Å². The third kappa shape index (κ3) is 5.31. The summed E-state index contributed by atoms with van der Waals surface area (Å²) >= 11 is 0. The molecule has 1 unspecified atom stereocenters. The van der Waals surface area contributed by atoms with Gasteiger partial charge in [-0.3, -0.25) is 9.48 Å². The molecule has 1 aromatic heterocycles. The predicted molar refractivity (Wildman–Crippen MR) is 114 cm³/mol. The van der Waals surface area contributed by atoms with Crippen LogP contribution in [0.2, 0.25) is 0 Å². The summed E-state index contributed by atoms with van der Waals surface area (Å²) in [6.45, 7) is 7.92. The molecule has 0 fully saturated rings. The fourth-order valence-electron chi connectivity index (χ4n) is 3.73. The third-order valence-electron chi connectivity index (χ3n) is 5.26. The van der Waals surface area contributed by atoms with Gasteiger partial charge in [0.1, 0.15) is 12.4 Å². The highest BCUT2D eigenvalue weighted by Crippen LogP contribution is 2.25. The Morgan fingerprint density at radius 3 is 2.83 bits per heavy atom. The fourth-order valence-corrected chi connectivity index (χ4v) is 3.73. The van der Waals surface area contributed by atoms with E-state index in [1.165, 1.54) is 0 Å². The van der Waals surface area contributed by atoms with E-state index in [1.54, 1.807) is 9.58 Å². The van der Waals surface area contributed by atoms with Gasteiger partial charge in [0, 0.05) is 37.3 Å². The zero-order valence-corrected chi connectivity index (χ0v) is 18.2. The van der Waals surface area contributed by atoms with Gasteiger partial charge < -0.3 is 20.3 Å². The summed E-state index contributed by atoms with van der Waals surface area (Å²) in [4.78, 5) is 26.4. The number of aromatic nitrogens is 2. The largest absolute Gasteiger partial charge is 0.491 e. The Kier molecular flexibility index (Phi) is 6.97. The van der Waals surface area contributed by atoms with Gasteiger partial charge in [-0.05, 0) is 38.8 Å². The molecule has 3 rings (SSSR count). The molecular weight excluding hydrogens is 382 g/mol. The molecule has 8 nitrogen and oxygen atoms in total. The minimum Gasteiger partial charge on any atom is -0.491 e.